The highest BCUT2D eigenvalue weighted by molar-refractivity contribution is 5.79. The highest BCUT2D eigenvalue weighted by Gasteiger charge is 2.37. The molecule has 1 fully saturated rings. The van der Waals surface area contributed by atoms with Gasteiger partial charge in [0.05, 0.1) is 5.92 Å². The van der Waals surface area contributed by atoms with Crippen LogP contribution in [0.4, 0.5) is 0 Å². The Morgan fingerprint density at radius 1 is 1.32 bits per heavy atom. The summed E-state index contributed by atoms with van der Waals surface area (Å²) in [5.74, 6) is -0.689. The molecule has 0 aliphatic carbocycles. The highest BCUT2D eigenvalue weighted by atomic mass is 16.4. The molecule has 0 bridgehead atoms. The van der Waals surface area contributed by atoms with Crippen molar-refractivity contribution < 1.29 is 14.7 Å². The van der Waals surface area contributed by atoms with Crippen LogP contribution >= 0.6 is 0 Å². The molecule has 0 saturated carbocycles. The molecular weight excluding hydrogens is 242 g/mol. The van der Waals surface area contributed by atoms with Gasteiger partial charge in [0.2, 0.25) is 5.91 Å². The van der Waals surface area contributed by atoms with Crippen molar-refractivity contribution in [3.63, 3.8) is 0 Å². The van der Waals surface area contributed by atoms with Gasteiger partial charge in [0.1, 0.15) is 0 Å². The molecular formula is C15H27NO3. The molecule has 3 atom stereocenters. The summed E-state index contributed by atoms with van der Waals surface area (Å²) in [6.07, 6.45) is 1.53. The molecule has 110 valence electrons. The SMILES string of the molecule is CC(CC(=O)N1CC(C)C(C(=O)O)C1)CC(C)(C)C. The lowest BCUT2D eigenvalue weighted by molar-refractivity contribution is -0.142. The van der Waals surface area contributed by atoms with E-state index in [0.29, 0.717) is 25.4 Å². The van der Waals surface area contributed by atoms with Gasteiger partial charge >= 0.3 is 5.97 Å². The topological polar surface area (TPSA) is 57.6 Å². The largest absolute Gasteiger partial charge is 0.481 e. The Morgan fingerprint density at radius 3 is 2.32 bits per heavy atom. The number of amides is 1. The van der Waals surface area contributed by atoms with Gasteiger partial charge in [0.25, 0.3) is 0 Å². The van der Waals surface area contributed by atoms with Gasteiger partial charge in [0, 0.05) is 19.5 Å². The van der Waals surface area contributed by atoms with Gasteiger partial charge in [-0.2, -0.15) is 0 Å². The minimum atomic E-state index is -0.787. The Hall–Kier alpha value is -1.06. The molecule has 1 amide bonds. The minimum Gasteiger partial charge on any atom is -0.481 e. The summed E-state index contributed by atoms with van der Waals surface area (Å²) in [4.78, 5) is 25.0. The number of nitrogens with zero attached hydrogens (tertiary/aromatic N) is 1. The Balaban J connectivity index is 2.49. The van der Waals surface area contributed by atoms with Gasteiger partial charge in [-0.3, -0.25) is 9.59 Å². The molecule has 3 unspecified atom stereocenters. The fourth-order valence-electron chi connectivity index (χ4n) is 3.04. The summed E-state index contributed by atoms with van der Waals surface area (Å²) >= 11 is 0. The van der Waals surface area contributed by atoms with Crippen LogP contribution in [-0.2, 0) is 9.59 Å². The zero-order chi connectivity index (χ0) is 14.8. The smallest absolute Gasteiger partial charge is 0.308 e. The number of hydrogen-bond donors (Lipinski definition) is 1. The van der Waals surface area contributed by atoms with E-state index >= 15 is 0 Å². The molecule has 4 heteroatoms. The fourth-order valence-corrected chi connectivity index (χ4v) is 3.04. The van der Waals surface area contributed by atoms with E-state index in [1.807, 2.05) is 6.92 Å². The van der Waals surface area contributed by atoms with Crippen molar-refractivity contribution in [1.29, 1.82) is 0 Å². The Bertz CT molecular complexity index is 346. The van der Waals surface area contributed by atoms with Crippen LogP contribution in [0.2, 0.25) is 0 Å². The Kier molecular flexibility index (Phi) is 4.99. The zero-order valence-electron chi connectivity index (χ0n) is 12.8. The van der Waals surface area contributed by atoms with Crippen molar-refractivity contribution in [3.8, 4) is 0 Å². The molecule has 0 aromatic carbocycles. The van der Waals surface area contributed by atoms with Crippen molar-refractivity contribution >= 4 is 11.9 Å². The van der Waals surface area contributed by atoms with Gasteiger partial charge in [-0.1, -0.05) is 34.6 Å². The number of rotatable bonds is 4. The third-order valence-corrected chi connectivity index (χ3v) is 3.77. The predicted molar refractivity (Wildman–Crippen MR) is 74.7 cm³/mol. The van der Waals surface area contributed by atoms with Crippen molar-refractivity contribution in [2.45, 2.75) is 47.5 Å². The molecule has 0 aromatic heterocycles. The molecule has 0 aromatic rings. The molecule has 1 saturated heterocycles. The lowest BCUT2D eigenvalue weighted by Crippen LogP contribution is -2.31. The maximum atomic E-state index is 12.2. The van der Waals surface area contributed by atoms with Crippen molar-refractivity contribution in [1.82, 2.24) is 4.90 Å². The quantitative estimate of drug-likeness (QED) is 0.853. The molecule has 19 heavy (non-hydrogen) atoms. The van der Waals surface area contributed by atoms with E-state index < -0.39 is 11.9 Å². The van der Waals surface area contributed by atoms with Gasteiger partial charge in [-0.25, -0.2) is 0 Å². The van der Waals surface area contributed by atoms with Gasteiger partial charge < -0.3 is 10.0 Å². The van der Waals surface area contributed by atoms with Gasteiger partial charge in [-0.15, -0.1) is 0 Å². The van der Waals surface area contributed by atoms with E-state index in [4.69, 9.17) is 5.11 Å². The fraction of sp³-hybridized carbons (Fsp3) is 0.867. The summed E-state index contributed by atoms with van der Waals surface area (Å²) in [5.41, 5.74) is 0.224. The summed E-state index contributed by atoms with van der Waals surface area (Å²) < 4.78 is 0. The predicted octanol–water partition coefficient (Wildman–Crippen LogP) is 2.63. The average molecular weight is 269 g/mol. The van der Waals surface area contributed by atoms with Gasteiger partial charge in [0.15, 0.2) is 0 Å². The summed E-state index contributed by atoms with van der Waals surface area (Å²) in [5, 5.41) is 9.08. The lowest BCUT2D eigenvalue weighted by Gasteiger charge is -2.24. The molecule has 4 nitrogen and oxygen atoms in total. The molecule has 1 N–H and O–H groups in total. The van der Waals surface area contributed by atoms with Crippen LogP contribution in [0.3, 0.4) is 0 Å². The van der Waals surface area contributed by atoms with Gasteiger partial charge in [-0.05, 0) is 23.7 Å². The van der Waals surface area contributed by atoms with Crippen LogP contribution in [0, 0.1) is 23.2 Å². The third kappa shape index (κ3) is 4.84. The number of likely N-dealkylation sites (tertiary alicyclic amines) is 1. The third-order valence-electron chi connectivity index (χ3n) is 3.77. The maximum Gasteiger partial charge on any atom is 0.308 e. The number of carboxylic acids is 1. The van der Waals surface area contributed by atoms with Crippen LogP contribution in [0.15, 0.2) is 0 Å². The Labute approximate surface area is 116 Å². The number of carbonyl (C=O) groups excluding carboxylic acids is 1. The van der Waals surface area contributed by atoms with Crippen LogP contribution in [0.1, 0.15) is 47.5 Å². The molecule has 1 aliphatic rings. The average Bonchev–Trinajstić information content (AvgIpc) is 2.57. The second kappa shape index (κ2) is 5.93. The van der Waals surface area contributed by atoms with Crippen LogP contribution in [0.25, 0.3) is 0 Å². The second-order valence-corrected chi connectivity index (χ2v) is 7.29. The monoisotopic (exact) mass is 269 g/mol. The number of carbonyl (C=O) groups is 2. The summed E-state index contributed by atoms with van der Waals surface area (Å²) in [6.45, 7) is 11.5. The van der Waals surface area contributed by atoms with Crippen LogP contribution in [-0.4, -0.2) is 35.0 Å². The summed E-state index contributed by atoms with van der Waals surface area (Å²) in [6, 6.07) is 0. The first-order valence-corrected chi connectivity index (χ1v) is 7.10. The Morgan fingerprint density at radius 2 is 1.89 bits per heavy atom. The second-order valence-electron chi connectivity index (χ2n) is 7.29. The molecule has 1 heterocycles. The lowest BCUT2D eigenvalue weighted by atomic mass is 9.84. The standard InChI is InChI=1S/C15H27NO3/c1-10(7-15(3,4)5)6-13(17)16-8-11(2)12(9-16)14(18)19/h10-12H,6-9H2,1-5H3,(H,18,19). The first kappa shape index (κ1) is 16.0. The first-order valence-electron chi connectivity index (χ1n) is 7.10. The van der Waals surface area contributed by atoms with Crippen LogP contribution < -0.4 is 0 Å². The van der Waals surface area contributed by atoms with E-state index in [0.717, 1.165) is 6.42 Å². The van der Waals surface area contributed by atoms with E-state index in [2.05, 4.69) is 27.7 Å². The minimum absolute atomic E-state index is 0.0550. The first-order chi connectivity index (χ1) is 8.60. The molecule has 0 radical (unpaired) electrons. The molecule has 1 aliphatic heterocycles. The molecule has 1 rings (SSSR count). The summed E-state index contributed by atoms with van der Waals surface area (Å²) in [7, 11) is 0. The highest BCUT2D eigenvalue weighted by Crippen LogP contribution is 2.28. The molecule has 0 spiro atoms. The van der Waals surface area contributed by atoms with Crippen molar-refractivity contribution in [3.05, 3.63) is 0 Å². The number of carboxylic acid groups (broad SMARTS) is 1. The van der Waals surface area contributed by atoms with E-state index in [1.165, 1.54) is 0 Å². The number of aliphatic carboxylic acids is 1. The van der Waals surface area contributed by atoms with E-state index in [-0.39, 0.29) is 17.2 Å². The normalized spacial score (nSPS) is 25.4. The van der Waals surface area contributed by atoms with Crippen LogP contribution in [0.5, 0.6) is 0 Å². The zero-order valence-corrected chi connectivity index (χ0v) is 12.8. The van der Waals surface area contributed by atoms with Crippen molar-refractivity contribution in [2.24, 2.45) is 23.2 Å². The number of hydrogen-bond acceptors (Lipinski definition) is 2. The van der Waals surface area contributed by atoms with E-state index in [1.54, 1.807) is 4.90 Å². The maximum absolute atomic E-state index is 12.2. The van der Waals surface area contributed by atoms with E-state index in [9.17, 15) is 9.59 Å². The van der Waals surface area contributed by atoms with Crippen molar-refractivity contribution in [2.75, 3.05) is 13.1 Å².